The van der Waals surface area contributed by atoms with Crippen molar-refractivity contribution < 1.29 is 8.42 Å². The molecule has 2 N–H and O–H groups in total. The van der Waals surface area contributed by atoms with Crippen LogP contribution < -0.4 is 5.73 Å². The summed E-state index contributed by atoms with van der Waals surface area (Å²) in [6, 6.07) is 4.80. The summed E-state index contributed by atoms with van der Waals surface area (Å²) >= 11 is 3.28. The highest BCUT2D eigenvalue weighted by atomic mass is 79.9. The van der Waals surface area contributed by atoms with E-state index in [0.29, 0.717) is 29.2 Å². The van der Waals surface area contributed by atoms with Crippen LogP contribution in [0.1, 0.15) is 27.2 Å². The average Bonchev–Trinajstić information content (AvgIpc) is 2.82. The number of hydrogen-bond acceptors (Lipinski definition) is 3. The molecule has 1 fully saturated rings. The van der Waals surface area contributed by atoms with Crippen molar-refractivity contribution >= 4 is 31.6 Å². The molecule has 1 aliphatic rings. The predicted molar refractivity (Wildman–Crippen MR) is 84.9 cm³/mol. The number of hydrogen-bond donors (Lipinski definition) is 1. The fraction of sp³-hybridized carbons (Fsp3) is 0.571. The van der Waals surface area contributed by atoms with Crippen molar-refractivity contribution in [2.45, 2.75) is 32.1 Å². The van der Waals surface area contributed by atoms with Gasteiger partial charge in [-0.15, -0.1) is 0 Å². The number of nitrogens with zero attached hydrogens (tertiary/aromatic N) is 1. The summed E-state index contributed by atoms with van der Waals surface area (Å²) < 4.78 is 27.5. The van der Waals surface area contributed by atoms with Gasteiger partial charge in [-0.2, -0.15) is 4.31 Å². The molecule has 112 valence electrons. The topological polar surface area (TPSA) is 63.4 Å². The fourth-order valence-corrected chi connectivity index (χ4v) is 4.27. The van der Waals surface area contributed by atoms with Crippen LogP contribution in [-0.4, -0.2) is 25.8 Å². The fourth-order valence-electron chi connectivity index (χ4n) is 2.48. The molecular formula is C14H21BrN2O2S. The summed E-state index contributed by atoms with van der Waals surface area (Å²) in [5.41, 5.74) is 6.35. The van der Waals surface area contributed by atoms with E-state index in [0.717, 1.165) is 6.42 Å². The molecule has 1 aliphatic heterocycles. The van der Waals surface area contributed by atoms with Gasteiger partial charge in [0.25, 0.3) is 0 Å². The highest BCUT2D eigenvalue weighted by Crippen LogP contribution is 2.36. The van der Waals surface area contributed by atoms with Crippen molar-refractivity contribution in [1.29, 1.82) is 0 Å². The molecule has 1 heterocycles. The van der Waals surface area contributed by atoms with E-state index in [9.17, 15) is 8.42 Å². The van der Waals surface area contributed by atoms with Crippen molar-refractivity contribution in [2.24, 2.45) is 11.3 Å². The molecular weight excluding hydrogens is 340 g/mol. The SMILES string of the molecule is CC(C)(C)C1CCN(S(=O)(=O)c2ccc(Br)c(N)c2)C1. The quantitative estimate of drug-likeness (QED) is 0.824. The minimum absolute atomic E-state index is 0.128. The summed E-state index contributed by atoms with van der Waals surface area (Å²) in [5, 5.41) is 0. The molecule has 0 amide bonds. The molecule has 0 aliphatic carbocycles. The minimum atomic E-state index is -3.44. The molecule has 6 heteroatoms. The summed E-state index contributed by atoms with van der Waals surface area (Å²) in [6.07, 6.45) is 0.911. The molecule has 1 aromatic carbocycles. The second kappa shape index (κ2) is 5.31. The molecule has 0 aromatic heterocycles. The van der Waals surface area contributed by atoms with E-state index in [1.807, 2.05) is 0 Å². The summed E-state index contributed by atoms with van der Waals surface area (Å²) in [5.74, 6) is 0.394. The monoisotopic (exact) mass is 360 g/mol. The van der Waals surface area contributed by atoms with Crippen LogP contribution in [0.4, 0.5) is 5.69 Å². The highest BCUT2D eigenvalue weighted by Gasteiger charge is 2.37. The van der Waals surface area contributed by atoms with Crippen LogP contribution in [0.15, 0.2) is 27.6 Å². The van der Waals surface area contributed by atoms with E-state index >= 15 is 0 Å². The second-order valence-electron chi connectivity index (χ2n) is 6.40. The molecule has 1 atom stereocenters. The molecule has 0 bridgehead atoms. The minimum Gasteiger partial charge on any atom is -0.398 e. The maximum Gasteiger partial charge on any atom is 0.243 e. The maximum atomic E-state index is 12.6. The van der Waals surface area contributed by atoms with Crippen LogP contribution in [-0.2, 0) is 10.0 Å². The van der Waals surface area contributed by atoms with Gasteiger partial charge in [0.15, 0.2) is 0 Å². The van der Waals surface area contributed by atoms with Gasteiger partial charge in [0, 0.05) is 23.2 Å². The van der Waals surface area contributed by atoms with Gasteiger partial charge in [-0.3, -0.25) is 0 Å². The van der Waals surface area contributed by atoms with Crippen molar-refractivity contribution in [2.75, 3.05) is 18.8 Å². The second-order valence-corrected chi connectivity index (χ2v) is 9.19. The Hall–Kier alpha value is -0.590. The van der Waals surface area contributed by atoms with Gasteiger partial charge in [0.05, 0.1) is 4.90 Å². The van der Waals surface area contributed by atoms with E-state index in [1.165, 1.54) is 6.07 Å². The van der Waals surface area contributed by atoms with Crippen LogP contribution in [0.25, 0.3) is 0 Å². The van der Waals surface area contributed by atoms with Crippen molar-refractivity contribution in [1.82, 2.24) is 4.31 Å². The summed E-state index contributed by atoms with van der Waals surface area (Å²) in [6.45, 7) is 7.64. The third kappa shape index (κ3) is 3.02. The van der Waals surface area contributed by atoms with Gasteiger partial charge in [-0.25, -0.2) is 8.42 Å². The Labute approximate surface area is 129 Å². The van der Waals surface area contributed by atoms with Crippen LogP contribution in [0.2, 0.25) is 0 Å². The lowest BCUT2D eigenvalue weighted by atomic mass is 9.80. The Morgan fingerprint density at radius 3 is 2.50 bits per heavy atom. The first-order valence-corrected chi connectivity index (χ1v) is 8.91. The Morgan fingerprint density at radius 1 is 1.35 bits per heavy atom. The molecule has 0 spiro atoms. The van der Waals surface area contributed by atoms with Gasteiger partial charge in [0.1, 0.15) is 0 Å². The number of rotatable bonds is 2. The van der Waals surface area contributed by atoms with Gasteiger partial charge in [-0.05, 0) is 51.9 Å². The third-order valence-electron chi connectivity index (χ3n) is 3.98. The van der Waals surface area contributed by atoms with Gasteiger partial charge in [0.2, 0.25) is 10.0 Å². The molecule has 1 saturated heterocycles. The van der Waals surface area contributed by atoms with E-state index in [2.05, 4.69) is 36.7 Å². The van der Waals surface area contributed by atoms with Crippen LogP contribution >= 0.6 is 15.9 Å². The first-order valence-electron chi connectivity index (χ1n) is 6.67. The lowest BCUT2D eigenvalue weighted by Gasteiger charge is -2.26. The first-order chi connectivity index (χ1) is 9.12. The van der Waals surface area contributed by atoms with Crippen molar-refractivity contribution in [3.05, 3.63) is 22.7 Å². The first kappa shape index (κ1) is 15.8. The summed E-state index contributed by atoms with van der Waals surface area (Å²) in [7, 11) is -3.44. The number of nitrogens with two attached hydrogens (primary N) is 1. The number of nitrogen functional groups attached to an aromatic ring is 1. The largest absolute Gasteiger partial charge is 0.398 e. The van der Waals surface area contributed by atoms with Crippen LogP contribution in [0.3, 0.4) is 0 Å². The van der Waals surface area contributed by atoms with Gasteiger partial charge < -0.3 is 5.73 Å². The lowest BCUT2D eigenvalue weighted by Crippen LogP contribution is -2.31. The molecule has 1 aromatic rings. The van der Waals surface area contributed by atoms with E-state index in [1.54, 1.807) is 16.4 Å². The summed E-state index contributed by atoms with van der Waals surface area (Å²) in [4.78, 5) is 0.271. The van der Waals surface area contributed by atoms with E-state index in [4.69, 9.17) is 5.73 Å². The molecule has 0 saturated carbocycles. The zero-order valence-electron chi connectivity index (χ0n) is 12.1. The van der Waals surface area contributed by atoms with Crippen LogP contribution in [0, 0.1) is 11.3 Å². The standard InChI is InChI=1S/C14H21BrN2O2S/c1-14(2,3)10-6-7-17(9-10)20(18,19)11-4-5-12(15)13(16)8-11/h4-5,8,10H,6-7,9,16H2,1-3H3. The third-order valence-corrected chi connectivity index (χ3v) is 6.56. The Morgan fingerprint density at radius 2 is 2.00 bits per heavy atom. The average molecular weight is 361 g/mol. The number of sulfonamides is 1. The van der Waals surface area contributed by atoms with Gasteiger partial charge in [-0.1, -0.05) is 20.8 Å². The maximum absolute atomic E-state index is 12.6. The Kier molecular flexibility index (Phi) is 4.19. The number of anilines is 1. The zero-order valence-corrected chi connectivity index (χ0v) is 14.5. The smallest absolute Gasteiger partial charge is 0.243 e. The Bertz CT molecular complexity index is 608. The molecule has 0 radical (unpaired) electrons. The van der Waals surface area contributed by atoms with Crippen molar-refractivity contribution in [3.63, 3.8) is 0 Å². The predicted octanol–water partition coefficient (Wildman–Crippen LogP) is 3.09. The number of benzene rings is 1. The molecule has 4 nitrogen and oxygen atoms in total. The highest BCUT2D eigenvalue weighted by molar-refractivity contribution is 9.10. The number of halogens is 1. The Balaban J connectivity index is 2.26. The van der Waals surface area contributed by atoms with E-state index < -0.39 is 10.0 Å². The normalized spacial score (nSPS) is 21.3. The van der Waals surface area contributed by atoms with Gasteiger partial charge >= 0.3 is 0 Å². The zero-order chi connectivity index (χ0) is 15.1. The molecule has 2 rings (SSSR count). The molecule has 20 heavy (non-hydrogen) atoms. The van der Waals surface area contributed by atoms with E-state index in [-0.39, 0.29) is 10.3 Å². The lowest BCUT2D eigenvalue weighted by molar-refractivity contribution is 0.252. The molecule has 1 unspecified atom stereocenters. The van der Waals surface area contributed by atoms with Crippen LogP contribution in [0.5, 0.6) is 0 Å². The van der Waals surface area contributed by atoms with Crippen molar-refractivity contribution in [3.8, 4) is 0 Å².